The number of hydrogen-bond donors (Lipinski definition) is 1. The van der Waals surface area contributed by atoms with Crippen molar-refractivity contribution < 1.29 is 27.8 Å². The first-order chi connectivity index (χ1) is 17.9. The van der Waals surface area contributed by atoms with Gasteiger partial charge in [-0.05, 0) is 61.9 Å². The lowest BCUT2D eigenvalue weighted by Crippen LogP contribution is -2.27. The topological polar surface area (TPSA) is 118 Å². The molecule has 0 unspecified atom stereocenters. The Morgan fingerprint density at radius 2 is 1.89 bits per heavy atom. The third-order valence-corrected chi connectivity index (χ3v) is 5.93. The van der Waals surface area contributed by atoms with Crippen LogP contribution >= 0.6 is 11.6 Å². The Balaban J connectivity index is 1.68. The van der Waals surface area contributed by atoms with Crippen molar-refractivity contribution >= 4 is 28.5 Å². The van der Waals surface area contributed by atoms with Crippen molar-refractivity contribution in [3.05, 3.63) is 86.2 Å². The monoisotopic (exact) mass is 542 g/mol. The summed E-state index contributed by atoms with van der Waals surface area (Å²) in [6.45, 7) is 3.03. The molecule has 0 saturated heterocycles. The molecule has 0 aliphatic carbocycles. The van der Waals surface area contributed by atoms with Gasteiger partial charge in [-0.15, -0.1) is 0 Å². The highest BCUT2D eigenvalue weighted by Crippen LogP contribution is 2.34. The zero-order valence-corrected chi connectivity index (χ0v) is 20.7. The minimum Gasteiger partial charge on any atom is -0.491 e. The van der Waals surface area contributed by atoms with Crippen LogP contribution in [0.25, 0.3) is 22.0 Å². The van der Waals surface area contributed by atoms with Crippen molar-refractivity contribution in [2.24, 2.45) is 0 Å². The van der Waals surface area contributed by atoms with E-state index in [-0.39, 0.29) is 35.6 Å². The van der Waals surface area contributed by atoms with Crippen LogP contribution in [0.5, 0.6) is 5.75 Å². The Hall–Kier alpha value is -4.43. The molecular weight excluding hydrogens is 525 g/mol. The molecule has 1 N–H and O–H groups in total. The van der Waals surface area contributed by atoms with Gasteiger partial charge in [-0.3, -0.25) is 9.36 Å². The molecule has 2 aromatic carbocycles. The van der Waals surface area contributed by atoms with E-state index in [1.807, 2.05) is 0 Å². The number of carbonyl (C=O) groups is 1. The van der Waals surface area contributed by atoms with Gasteiger partial charge >= 0.3 is 12.1 Å². The van der Waals surface area contributed by atoms with E-state index in [4.69, 9.17) is 16.3 Å². The average Bonchev–Trinajstić information content (AvgIpc) is 2.84. The quantitative estimate of drug-likeness (QED) is 0.347. The zero-order chi connectivity index (χ0) is 27.8. The highest BCUT2D eigenvalue weighted by Gasteiger charge is 2.32. The number of nitrogens with zero attached hydrogens (tertiary/aromatic N) is 4. The van der Waals surface area contributed by atoms with Crippen LogP contribution in [0.1, 0.15) is 33.1 Å². The number of ether oxygens (including phenoxy) is 1. The number of fused-ring (bicyclic) bond motifs is 1. The Kier molecular flexibility index (Phi) is 7.11. The number of aryl methyl sites for hydroxylation is 2. The third kappa shape index (κ3) is 5.31. The van der Waals surface area contributed by atoms with E-state index in [2.05, 4.69) is 9.97 Å². The lowest BCUT2D eigenvalue weighted by molar-refractivity contribution is -0.137. The first-order valence-electron chi connectivity index (χ1n) is 11.1. The average molecular weight is 543 g/mol. The van der Waals surface area contributed by atoms with Gasteiger partial charge in [-0.25, -0.2) is 14.8 Å². The minimum atomic E-state index is -4.70. The Labute approximate surface area is 218 Å². The van der Waals surface area contributed by atoms with Crippen LogP contribution in [0.2, 0.25) is 5.02 Å². The van der Waals surface area contributed by atoms with E-state index >= 15 is 0 Å². The van der Waals surface area contributed by atoms with Crippen molar-refractivity contribution in [3.63, 3.8) is 0 Å². The molecule has 0 amide bonds. The number of carboxylic acid groups (broad SMARTS) is 1. The number of hydrogen-bond acceptors (Lipinski definition) is 6. The van der Waals surface area contributed by atoms with Gasteiger partial charge < -0.3 is 9.84 Å². The van der Waals surface area contributed by atoms with Crippen molar-refractivity contribution in [1.82, 2.24) is 14.5 Å². The molecule has 0 atom stereocenters. The smallest absolute Gasteiger partial charge is 0.416 e. The van der Waals surface area contributed by atoms with E-state index in [1.165, 1.54) is 17.6 Å². The predicted molar refractivity (Wildman–Crippen MR) is 132 cm³/mol. The lowest BCUT2D eigenvalue weighted by Gasteiger charge is -2.16. The maximum absolute atomic E-state index is 13.2. The fraction of sp³-hybridized carbons (Fsp3) is 0.192. The lowest BCUT2D eigenvalue weighted by atomic mass is 10.0. The van der Waals surface area contributed by atoms with Crippen LogP contribution in [0, 0.1) is 25.2 Å². The van der Waals surface area contributed by atoms with Crippen molar-refractivity contribution in [1.29, 1.82) is 5.26 Å². The molecule has 0 aliphatic heterocycles. The van der Waals surface area contributed by atoms with Crippen molar-refractivity contribution in [2.45, 2.75) is 26.6 Å². The number of benzene rings is 2. The van der Waals surface area contributed by atoms with Crippen molar-refractivity contribution in [3.8, 4) is 22.9 Å². The second kappa shape index (κ2) is 10.1. The first kappa shape index (κ1) is 26.6. The van der Waals surface area contributed by atoms with E-state index in [0.717, 1.165) is 6.07 Å². The van der Waals surface area contributed by atoms with Gasteiger partial charge in [-0.1, -0.05) is 11.6 Å². The number of aromatic carboxylic acids is 1. The molecule has 4 rings (SSSR count). The van der Waals surface area contributed by atoms with Gasteiger partial charge in [0.25, 0.3) is 5.56 Å². The Bertz CT molecular complexity index is 1690. The molecule has 2 heterocycles. The number of nitriles is 1. The summed E-state index contributed by atoms with van der Waals surface area (Å²) in [4.78, 5) is 32.7. The molecule has 4 aromatic rings. The van der Waals surface area contributed by atoms with Crippen LogP contribution in [-0.2, 0) is 12.7 Å². The second-order valence-corrected chi connectivity index (χ2v) is 8.76. The highest BCUT2D eigenvalue weighted by molar-refractivity contribution is 6.31. The normalized spacial score (nSPS) is 11.4. The SMILES string of the molecule is Cc1cc(-c2cc(Cl)ccc2OCCn2c(C)nc3cc(C(F)(F)F)cc(C#N)c3c2=O)cc(C(=O)O)n1. The van der Waals surface area contributed by atoms with Crippen LogP contribution < -0.4 is 10.3 Å². The molecule has 0 fully saturated rings. The molecule has 12 heteroatoms. The summed E-state index contributed by atoms with van der Waals surface area (Å²) in [6.07, 6.45) is -4.70. The Morgan fingerprint density at radius 3 is 2.55 bits per heavy atom. The molecule has 0 radical (unpaired) electrons. The van der Waals surface area contributed by atoms with E-state index in [1.54, 1.807) is 37.3 Å². The fourth-order valence-electron chi connectivity index (χ4n) is 4.01. The number of halogens is 4. The fourth-order valence-corrected chi connectivity index (χ4v) is 4.18. The maximum atomic E-state index is 13.2. The number of alkyl halides is 3. The highest BCUT2D eigenvalue weighted by atomic mass is 35.5. The molecule has 0 bridgehead atoms. The second-order valence-electron chi connectivity index (χ2n) is 8.32. The summed E-state index contributed by atoms with van der Waals surface area (Å²) in [7, 11) is 0. The molecule has 0 saturated carbocycles. The summed E-state index contributed by atoms with van der Waals surface area (Å²) in [5, 5.41) is 18.9. The van der Waals surface area contributed by atoms with E-state index < -0.39 is 28.8 Å². The van der Waals surface area contributed by atoms with Crippen LogP contribution in [-0.4, -0.2) is 32.2 Å². The van der Waals surface area contributed by atoms with E-state index in [0.29, 0.717) is 33.7 Å². The van der Waals surface area contributed by atoms with Gasteiger partial charge in [-0.2, -0.15) is 18.4 Å². The minimum absolute atomic E-state index is 0.0304. The van der Waals surface area contributed by atoms with Gasteiger partial charge in [0.1, 0.15) is 29.9 Å². The first-order valence-corrected chi connectivity index (χ1v) is 11.4. The van der Waals surface area contributed by atoms with Crippen molar-refractivity contribution in [2.75, 3.05) is 6.61 Å². The summed E-state index contributed by atoms with van der Waals surface area (Å²) in [5.74, 6) is -0.706. The van der Waals surface area contributed by atoms with Crippen LogP contribution in [0.15, 0.2) is 47.3 Å². The summed E-state index contributed by atoms with van der Waals surface area (Å²) < 4.78 is 46.8. The number of carboxylic acids is 1. The molecule has 38 heavy (non-hydrogen) atoms. The van der Waals surface area contributed by atoms with Gasteiger partial charge in [0, 0.05) is 16.3 Å². The molecular formula is C26H18ClF3N4O4. The summed E-state index contributed by atoms with van der Waals surface area (Å²) in [5.41, 5.74) is -1.07. The summed E-state index contributed by atoms with van der Waals surface area (Å²) in [6, 6.07) is 10.9. The standard InChI is InChI=1S/C26H18ClF3N4O4/c1-13-7-15(9-21(32-13)25(36)37)19-11-18(27)3-4-22(19)38-6-5-34-14(2)33-20-10-17(26(28,29)30)8-16(12-31)23(20)24(34)35/h3-4,7-11H,5-6H2,1-2H3,(H,36,37). The molecule has 0 aliphatic rings. The van der Waals surface area contributed by atoms with Crippen LogP contribution in [0.3, 0.4) is 0 Å². The third-order valence-electron chi connectivity index (χ3n) is 5.69. The van der Waals surface area contributed by atoms with Gasteiger partial charge in [0.05, 0.1) is 28.6 Å². The predicted octanol–water partition coefficient (Wildman–Crippen LogP) is 5.40. The van der Waals surface area contributed by atoms with Gasteiger partial charge in [0.15, 0.2) is 0 Å². The molecule has 194 valence electrons. The molecule has 2 aromatic heterocycles. The van der Waals surface area contributed by atoms with Gasteiger partial charge in [0.2, 0.25) is 0 Å². The number of aromatic nitrogens is 3. The summed E-state index contributed by atoms with van der Waals surface area (Å²) >= 11 is 6.17. The van der Waals surface area contributed by atoms with Crippen LogP contribution in [0.4, 0.5) is 13.2 Å². The molecule has 0 spiro atoms. The molecule has 8 nitrogen and oxygen atoms in total. The zero-order valence-electron chi connectivity index (χ0n) is 19.9. The number of rotatable bonds is 6. The Morgan fingerprint density at radius 1 is 1.16 bits per heavy atom. The number of pyridine rings is 1. The maximum Gasteiger partial charge on any atom is 0.416 e. The largest absolute Gasteiger partial charge is 0.491 e. The van der Waals surface area contributed by atoms with E-state index in [9.17, 15) is 33.1 Å².